The topological polar surface area (TPSA) is 34.0 Å². The lowest BCUT2D eigenvalue weighted by Gasteiger charge is -2.20. The van der Waals surface area contributed by atoms with Crippen molar-refractivity contribution in [3.05, 3.63) is 101 Å². The van der Waals surface area contributed by atoms with Crippen molar-refractivity contribution >= 4 is 35.0 Å². The van der Waals surface area contributed by atoms with E-state index in [2.05, 4.69) is 100 Å². The van der Waals surface area contributed by atoms with Gasteiger partial charge in [0.15, 0.2) is 0 Å². The predicted octanol–water partition coefficient (Wildman–Crippen LogP) is 7.85. The van der Waals surface area contributed by atoms with E-state index in [4.69, 9.17) is 21.1 Å². The minimum atomic E-state index is -0.161. The minimum Gasteiger partial charge on any atom is -0.480 e. The maximum absolute atomic E-state index is 5.85. The molecule has 0 atom stereocenters. The normalized spacial score (nSPS) is 17.0. The zero-order valence-electron chi connectivity index (χ0n) is 21.2. The van der Waals surface area contributed by atoms with Crippen LogP contribution in [0.25, 0.3) is 12.2 Å². The van der Waals surface area contributed by atoms with Crippen molar-refractivity contribution in [1.29, 1.82) is 0 Å². The molecule has 36 heavy (non-hydrogen) atoms. The summed E-state index contributed by atoms with van der Waals surface area (Å²) in [5, 5.41) is 0. The number of hydrogen-bond donors (Lipinski definition) is 0. The van der Waals surface area contributed by atoms with Crippen molar-refractivity contribution in [3.8, 4) is 18.1 Å². The lowest BCUT2D eigenvalue weighted by molar-refractivity contribution is 0.369. The fourth-order valence-corrected chi connectivity index (χ4v) is 4.90. The summed E-state index contributed by atoms with van der Waals surface area (Å²) in [6.07, 6.45) is 13.8. The molecule has 3 aromatic rings. The van der Waals surface area contributed by atoms with Gasteiger partial charge < -0.3 is 4.74 Å². The number of hydrogen-bond acceptors (Lipinski definition) is 3. The fraction of sp³-hybridized carbons (Fsp3) is 0.212. The number of benzene rings is 3. The van der Waals surface area contributed by atoms with E-state index in [9.17, 15) is 0 Å². The molecule has 0 unspecified atom stereocenters. The van der Waals surface area contributed by atoms with Gasteiger partial charge in [0.05, 0.1) is 22.8 Å². The number of ether oxygens (including phenoxy) is 1. The van der Waals surface area contributed by atoms with E-state index in [1.165, 1.54) is 11.1 Å². The molecule has 0 amide bonds. The van der Waals surface area contributed by atoms with Crippen molar-refractivity contribution < 1.29 is 4.74 Å². The maximum Gasteiger partial charge on any atom is 0.148 e. The monoisotopic (exact) mass is 470 g/mol. The van der Waals surface area contributed by atoms with Gasteiger partial charge in [-0.2, -0.15) is 0 Å². The second-order valence-corrected chi connectivity index (χ2v) is 10.2. The molecule has 2 heterocycles. The van der Waals surface area contributed by atoms with Gasteiger partial charge in [0.25, 0.3) is 0 Å². The van der Waals surface area contributed by atoms with Crippen LogP contribution in [0.2, 0.25) is 0 Å². The first-order valence-corrected chi connectivity index (χ1v) is 12.2. The number of allylic oxidation sites excluding steroid dienone is 2. The quantitative estimate of drug-likeness (QED) is 0.338. The van der Waals surface area contributed by atoms with Gasteiger partial charge >= 0.3 is 0 Å². The molecule has 3 aromatic carbocycles. The summed E-state index contributed by atoms with van der Waals surface area (Å²) < 4.78 is 5.85. The van der Waals surface area contributed by atoms with Gasteiger partial charge in [-0.05, 0) is 59.2 Å². The van der Waals surface area contributed by atoms with Gasteiger partial charge in [0.2, 0.25) is 0 Å². The summed E-state index contributed by atoms with van der Waals surface area (Å²) in [5.74, 6) is 3.31. The summed E-state index contributed by atoms with van der Waals surface area (Å²) >= 11 is 0. The molecule has 0 aromatic heterocycles. The molecule has 0 saturated heterocycles. The number of para-hydroxylation sites is 2. The fourth-order valence-electron chi connectivity index (χ4n) is 4.90. The minimum absolute atomic E-state index is 0.132. The van der Waals surface area contributed by atoms with Crippen LogP contribution in [0.4, 0.5) is 11.4 Å². The van der Waals surface area contributed by atoms with Crippen LogP contribution in [-0.4, -0.2) is 18.0 Å². The second-order valence-electron chi connectivity index (χ2n) is 10.2. The van der Waals surface area contributed by atoms with Crippen LogP contribution in [0, 0.1) is 12.3 Å². The third-order valence-corrected chi connectivity index (χ3v) is 7.12. The average molecular weight is 471 g/mol. The zero-order chi connectivity index (χ0) is 25.3. The Morgan fingerprint density at radius 1 is 0.750 bits per heavy atom. The largest absolute Gasteiger partial charge is 0.480 e. The van der Waals surface area contributed by atoms with Gasteiger partial charge in [0.1, 0.15) is 12.4 Å². The maximum atomic E-state index is 5.85. The van der Waals surface area contributed by atoms with Crippen LogP contribution < -0.4 is 4.74 Å². The highest BCUT2D eigenvalue weighted by atomic mass is 16.5. The Hall–Kier alpha value is -4.16. The lowest BCUT2D eigenvalue weighted by atomic mass is 9.81. The first kappa shape index (κ1) is 23.6. The molecule has 2 aliphatic rings. The third-order valence-electron chi connectivity index (χ3n) is 7.12. The molecule has 0 radical (unpaired) electrons. The van der Waals surface area contributed by atoms with E-state index in [1.54, 1.807) is 0 Å². The van der Waals surface area contributed by atoms with E-state index in [-0.39, 0.29) is 17.4 Å². The summed E-state index contributed by atoms with van der Waals surface area (Å²) in [7, 11) is 0. The summed E-state index contributed by atoms with van der Waals surface area (Å²) in [4.78, 5) is 9.76. The Balaban J connectivity index is 1.45. The van der Waals surface area contributed by atoms with Gasteiger partial charge in [-0.15, -0.1) is 6.42 Å². The number of rotatable bonds is 6. The summed E-state index contributed by atoms with van der Waals surface area (Å²) in [6.45, 7) is 9.07. The molecular formula is C33H30N2O. The van der Waals surface area contributed by atoms with Crippen molar-refractivity contribution in [3.63, 3.8) is 0 Å². The van der Waals surface area contributed by atoms with Crippen molar-refractivity contribution in [1.82, 2.24) is 0 Å². The van der Waals surface area contributed by atoms with Crippen molar-refractivity contribution in [2.24, 2.45) is 9.98 Å². The van der Waals surface area contributed by atoms with E-state index >= 15 is 0 Å². The third kappa shape index (κ3) is 4.20. The van der Waals surface area contributed by atoms with Crippen LogP contribution in [0.1, 0.15) is 49.9 Å². The molecule has 5 rings (SSSR count). The van der Waals surface area contributed by atoms with Gasteiger partial charge in [0, 0.05) is 16.4 Å². The SMILES string of the molecule is C#CCOc1ccc(/C=C/C2=Nc3ccccc3C2(C)C)cc1/C=C/C1=Nc2ccccc2C1(C)C. The van der Waals surface area contributed by atoms with Crippen LogP contribution >= 0.6 is 0 Å². The summed E-state index contributed by atoms with van der Waals surface area (Å²) in [5.41, 5.74) is 8.37. The van der Waals surface area contributed by atoms with Gasteiger partial charge in [-0.1, -0.05) is 82.2 Å². The Morgan fingerprint density at radius 3 is 1.86 bits per heavy atom. The molecule has 2 aliphatic heterocycles. The lowest BCUT2D eigenvalue weighted by Crippen LogP contribution is -2.23. The molecule has 0 fully saturated rings. The Kier molecular flexibility index (Phi) is 5.98. The average Bonchev–Trinajstić information content (AvgIpc) is 3.29. The molecule has 0 spiro atoms. The standard InChI is InChI=1S/C33H30N2O/c1-6-21-36-29-18-15-23(16-19-30-32(2,3)25-11-7-9-13-27(25)34-30)22-24(29)17-20-31-33(4,5)26-12-8-10-14-28(26)35-31/h1,7-20,22H,21H2,2-5H3/b19-16+,20-17+. The van der Waals surface area contributed by atoms with E-state index in [0.717, 1.165) is 39.7 Å². The first-order chi connectivity index (χ1) is 17.3. The molecule has 178 valence electrons. The van der Waals surface area contributed by atoms with E-state index < -0.39 is 0 Å². The molecular weight excluding hydrogens is 440 g/mol. The highest BCUT2D eigenvalue weighted by Crippen LogP contribution is 2.41. The van der Waals surface area contributed by atoms with Crippen LogP contribution in [-0.2, 0) is 10.8 Å². The predicted molar refractivity (Wildman–Crippen MR) is 152 cm³/mol. The molecule has 3 heteroatoms. The molecule has 0 bridgehead atoms. The first-order valence-electron chi connectivity index (χ1n) is 12.2. The highest BCUT2D eigenvalue weighted by Gasteiger charge is 2.34. The molecule has 0 saturated carbocycles. The van der Waals surface area contributed by atoms with Crippen LogP contribution in [0.15, 0.2) is 88.9 Å². The van der Waals surface area contributed by atoms with E-state index in [1.807, 2.05) is 24.3 Å². The summed E-state index contributed by atoms with van der Waals surface area (Å²) in [6, 6.07) is 22.8. The van der Waals surface area contributed by atoms with Gasteiger partial charge in [-0.25, -0.2) is 0 Å². The molecule has 0 aliphatic carbocycles. The number of aliphatic imine (C=N–C) groups is 2. The van der Waals surface area contributed by atoms with Crippen LogP contribution in [0.5, 0.6) is 5.75 Å². The second kappa shape index (κ2) is 9.13. The zero-order valence-corrected chi connectivity index (χ0v) is 21.2. The Morgan fingerprint density at radius 2 is 1.31 bits per heavy atom. The van der Waals surface area contributed by atoms with E-state index in [0.29, 0.717) is 0 Å². The smallest absolute Gasteiger partial charge is 0.148 e. The number of terminal acetylenes is 1. The van der Waals surface area contributed by atoms with Gasteiger partial charge in [-0.3, -0.25) is 9.98 Å². The Bertz CT molecular complexity index is 1490. The number of nitrogens with zero attached hydrogens (tertiary/aromatic N) is 2. The van der Waals surface area contributed by atoms with Crippen molar-refractivity contribution in [2.45, 2.75) is 38.5 Å². The number of fused-ring (bicyclic) bond motifs is 2. The molecule has 0 N–H and O–H groups in total. The Labute approximate surface area is 214 Å². The van der Waals surface area contributed by atoms with Crippen molar-refractivity contribution in [2.75, 3.05) is 6.61 Å². The van der Waals surface area contributed by atoms with Crippen LogP contribution in [0.3, 0.4) is 0 Å². The molecule has 3 nitrogen and oxygen atoms in total. The highest BCUT2D eigenvalue weighted by molar-refractivity contribution is 6.11.